The molecule has 0 bridgehead atoms. The molecule has 3 heterocycles. The molecule has 0 radical (unpaired) electrons. The molecule has 0 aliphatic carbocycles. The van der Waals surface area contributed by atoms with Gasteiger partial charge in [-0.05, 0) is 67.4 Å². The molecule has 0 fully saturated rings. The van der Waals surface area contributed by atoms with Gasteiger partial charge in [-0.2, -0.15) is 0 Å². The molecule has 1 aromatic heterocycles. The summed E-state index contributed by atoms with van der Waals surface area (Å²) in [4.78, 5) is 15.6. The van der Waals surface area contributed by atoms with Gasteiger partial charge in [0, 0.05) is 47.3 Å². The standard InChI is InChI=1S/C30H27ClN2O4/c1-3-33-16-20(24-15-22(35-2)8-10-26(24)33)14-28-29(34)23-9-11-27-25(30(23)37-28)17-32(18-36-27)13-12-19-4-6-21(31)7-5-19/h4-11,14-16H,3,12-13,17-18H2,1-2H3/b28-14-. The van der Waals surface area contributed by atoms with E-state index in [0.29, 0.717) is 30.3 Å². The van der Waals surface area contributed by atoms with Gasteiger partial charge in [0.1, 0.15) is 24.0 Å². The van der Waals surface area contributed by atoms with Crippen molar-refractivity contribution in [2.45, 2.75) is 26.4 Å². The van der Waals surface area contributed by atoms with Gasteiger partial charge in [-0.3, -0.25) is 9.69 Å². The zero-order valence-corrected chi connectivity index (χ0v) is 21.5. The van der Waals surface area contributed by atoms with Crippen molar-refractivity contribution in [3.05, 3.63) is 93.8 Å². The van der Waals surface area contributed by atoms with Crippen LogP contribution in [-0.4, -0.2) is 35.6 Å². The van der Waals surface area contributed by atoms with E-state index in [9.17, 15) is 4.79 Å². The number of aryl methyl sites for hydroxylation is 1. The SMILES string of the molecule is CCn1cc(/C=C2\Oc3c(ccc4c3CN(CCc3ccc(Cl)cc3)CO4)C2=O)c2cc(OC)ccc21. The highest BCUT2D eigenvalue weighted by atomic mass is 35.5. The molecule has 2 aliphatic heterocycles. The molecular weight excluding hydrogens is 488 g/mol. The number of allylic oxidation sites excluding steroid dienone is 1. The highest BCUT2D eigenvalue weighted by Gasteiger charge is 2.33. The molecule has 0 saturated carbocycles. The highest BCUT2D eigenvalue weighted by molar-refractivity contribution is 6.30. The fraction of sp³-hybridized carbons (Fsp3) is 0.233. The van der Waals surface area contributed by atoms with Crippen LogP contribution in [-0.2, 0) is 19.5 Å². The van der Waals surface area contributed by atoms with E-state index in [1.165, 1.54) is 5.56 Å². The van der Waals surface area contributed by atoms with Gasteiger partial charge in [0.15, 0.2) is 5.76 Å². The average molecular weight is 515 g/mol. The number of methoxy groups -OCH3 is 1. The molecule has 0 amide bonds. The van der Waals surface area contributed by atoms with Crippen molar-refractivity contribution in [2.24, 2.45) is 0 Å². The Morgan fingerprint density at radius 3 is 2.73 bits per heavy atom. The third-order valence-corrected chi connectivity index (χ3v) is 7.31. The normalized spacial score (nSPS) is 16.0. The number of ether oxygens (including phenoxy) is 3. The first kappa shape index (κ1) is 23.6. The van der Waals surface area contributed by atoms with Crippen molar-refractivity contribution >= 4 is 34.4 Å². The van der Waals surface area contributed by atoms with Crippen LogP contribution in [0.5, 0.6) is 17.2 Å². The fourth-order valence-corrected chi connectivity index (χ4v) is 5.16. The molecule has 4 aromatic rings. The van der Waals surface area contributed by atoms with E-state index in [-0.39, 0.29) is 5.78 Å². The molecule has 0 N–H and O–H groups in total. The van der Waals surface area contributed by atoms with Gasteiger partial charge < -0.3 is 18.8 Å². The number of carbonyl (C=O) groups excluding carboxylic acids is 1. The highest BCUT2D eigenvalue weighted by Crippen LogP contribution is 2.42. The second-order valence-electron chi connectivity index (χ2n) is 9.31. The summed E-state index contributed by atoms with van der Waals surface area (Å²) >= 11 is 6.01. The van der Waals surface area contributed by atoms with Crippen LogP contribution in [0, 0.1) is 0 Å². The van der Waals surface area contributed by atoms with Gasteiger partial charge in [0.2, 0.25) is 5.78 Å². The Morgan fingerprint density at radius 2 is 1.95 bits per heavy atom. The summed E-state index contributed by atoms with van der Waals surface area (Å²) in [5.41, 5.74) is 4.70. The minimum atomic E-state index is -0.114. The average Bonchev–Trinajstić information content (AvgIpc) is 3.44. The first-order chi connectivity index (χ1) is 18.0. The number of Topliss-reactive ketones (excluding diaryl/α,β-unsaturated/α-hetero) is 1. The summed E-state index contributed by atoms with van der Waals surface area (Å²) in [6, 6.07) is 17.6. The number of benzene rings is 3. The summed E-state index contributed by atoms with van der Waals surface area (Å²) in [7, 11) is 1.65. The molecule has 37 heavy (non-hydrogen) atoms. The van der Waals surface area contributed by atoms with Gasteiger partial charge in [0.25, 0.3) is 0 Å². The minimum Gasteiger partial charge on any atom is -0.497 e. The Labute approximate surface area is 220 Å². The van der Waals surface area contributed by atoms with Crippen molar-refractivity contribution in [3.63, 3.8) is 0 Å². The molecule has 0 saturated heterocycles. The number of aromatic nitrogens is 1. The molecule has 0 unspecified atom stereocenters. The summed E-state index contributed by atoms with van der Waals surface area (Å²) in [6.45, 7) is 4.88. The lowest BCUT2D eigenvalue weighted by Crippen LogP contribution is -2.33. The Hall–Kier alpha value is -3.74. The van der Waals surface area contributed by atoms with Crippen LogP contribution in [0.25, 0.3) is 17.0 Å². The maximum atomic E-state index is 13.4. The number of carbonyl (C=O) groups is 1. The molecule has 2 aliphatic rings. The van der Waals surface area contributed by atoms with Crippen molar-refractivity contribution in [1.29, 1.82) is 0 Å². The molecular formula is C30H27ClN2O4. The number of nitrogens with zero attached hydrogens (tertiary/aromatic N) is 2. The Morgan fingerprint density at radius 1 is 1.11 bits per heavy atom. The van der Waals surface area contributed by atoms with Crippen LogP contribution in [0.3, 0.4) is 0 Å². The van der Waals surface area contributed by atoms with Gasteiger partial charge in [-0.1, -0.05) is 23.7 Å². The molecule has 0 atom stereocenters. The van der Waals surface area contributed by atoms with Crippen molar-refractivity contribution in [1.82, 2.24) is 9.47 Å². The molecule has 0 spiro atoms. The van der Waals surface area contributed by atoms with E-state index in [1.54, 1.807) is 13.2 Å². The topological polar surface area (TPSA) is 52.9 Å². The van der Waals surface area contributed by atoms with Crippen molar-refractivity contribution < 1.29 is 19.0 Å². The van der Waals surface area contributed by atoms with E-state index in [4.69, 9.17) is 25.8 Å². The van der Waals surface area contributed by atoms with Crippen LogP contribution in [0.15, 0.2) is 66.6 Å². The van der Waals surface area contributed by atoms with Crippen LogP contribution in [0.4, 0.5) is 0 Å². The largest absolute Gasteiger partial charge is 0.497 e. The third kappa shape index (κ3) is 4.37. The minimum absolute atomic E-state index is 0.114. The number of fused-ring (bicyclic) bond motifs is 4. The summed E-state index contributed by atoms with van der Waals surface area (Å²) in [5, 5.41) is 1.75. The summed E-state index contributed by atoms with van der Waals surface area (Å²) < 4.78 is 19.9. The molecule has 3 aromatic carbocycles. The smallest absolute Gasteiger partial charge is 0.231 e. The number of hydrogen-bond acceptors (Lipinski definition) is 5. The van der Waals surface area contributed by atoms with Crippen LogP contribution < -0.4 is 14.2 Å². The van der Waals surface area contributed by atoms with Gasteiger partial charge in [-0.25, -0.2) is 0 Å². The zero-order valence-electron chi connectivity index (χ0n) is 20.8. The predicted octanol–water partition coefficient (Wildman–Crippen LogP) is 6.33. The zero-order chi connectivity index (χ0) is 25.5. The lowest BCUT2D eigenvalue weighted by atomic mass is 10.0. The number of halogens is 1. The quantitative estimate of drug-likeness (QED) is 0.281. The lowest BCUT2D eigenvalue weighted by molar-refractivity contribution is 0.0950. The number of ketones is 1. The first-order valence-electron chi connectivity index (χ1n) is 12.4. The summed E-state index contributed by atoms with van der Waals surface area (Å²) in [6.07, 6.45) is 4.76. The Bertz CT molecular complexity index is 1540. The van der Waals surface area contributed by atoms with Crippen molar-refractivity contribution in [3.8, 4) is 17.2 Å². The van der Waals surface area contributed by atoms with Crippen LogP contribution in [0.2, 0.25) is 5.02 Å². The Balaban J connectivity index is 1.28. The van der Waals surface area contributed by atoms with Crippen molar-refractivity contribution in [2.75, 3.05) is 20.4 Å². The lowest BCUT2D eigenvalue weighted by Gasteiger charge is -2.29. The van der Waals surface area contributed by atoms with Gasteiger partial charge in [0.05, 0.1) is 18.2 Å². The third-order valence-electron chi connectivity index (χ3n) is 7.06. The molecule has 6 rings (SSSR count). The predicted molar refractivity (Wildman–Crippen MR) is 145 cm³/mol. The second kappa shape index (κ2) is 9.61. The van der Waals surface area contributed by atoms with E-state index < -0.39 is 0 Å². The molecule has 188 valence electrons. The van der Waals surface area contributed by atoms with Gasteiger partial charge in [-0.15, -0.1) is 0 Å². The second-order valence-corrected chi connectivity index (χ2v) is 9.75. The van der Waals surface area contributed by atoms with Gasteiger partial charge >= 0.3 is 0 Å². The number of hydrogen-bond donors (Lipinski definition) is 0. The van der Waals surface area contributed by atoms with E-state index in [0.717, 1.165) is 58.1 Å². The van der Waals surface area contributed by atoms with E-state index >= 15 is 0 Å². The van der Waals surface area contributed by atoms with Crippen LogP contribution in [0.1, 0.15) is 34.0 Å². The van der Waals surface area contributed by atoms with E-state index in [2.05, 4.69) is 16.4 Å². The summed E-state index contributed by atoms with van der Waals surface area (Å²) in [5.74, 6) is 2.34. The van der Waals surface area contributed by atoms with E-state index in [1.807, 2.05) is 60.8 Å². The number of rotatable bonds is 6. The molecule has 6 nitrogen and oxygen atoms in total. The molecule has 7 heteroatoms. The maximum absolute atomic E-state index is 13.4. The Kier molecular flexibility index (Phi) is 6.14. The maximum Gasteiger partial charge on any atom is 0.231 e. The monoisotopic (exact) mass is 514 g/mol. The van der Waals surface area contributed by atoms with Crippen LogP contribution >= 0.6 is 11.6 Å². The fourth-order valence-electron chi connectivity index (χ4n) is 5.03. The first-order valence-corrected chi connectivity index (χ1v) is 12.8.